The first kappa shape index (κ1) is 9.02. The van der Waals surface area contributed by atoms with Gasteiger partial charge in [-0.3, -0.25) is 0 Å². The van der Waals surface area contributed by atoms with Gasteiger partial charge in [0.1, 0.15) is 10.1 Å². The highest BCUT2D eigenvalue weighted by Crippen LogP contribution is 2.18. The van der Waals surface area contributed by atoms with E-state index >= 15 is 0 Å². The van der Waals surface area contributed by atoms with E-state index in [2.05, 4.69) is 0 Å². The lowest BCUT2D eigenvalue weighted by Crippen LogP contribution is -2.03. The van der Waals surface area contributed by atoms with Gasteiger partial charge in [-0.1, -0.05) is 6.07 Å². The quantitative estimate of drug-likeness (QED) is 0.510. The van der Waals surface area contributed by atoms with Crippen LogP contribution >= 0.6 is 0 Å². The van der Waals surface area contributed by atoms with E-state index in [9.17, 15) is 13.0 Å². The van der Waals surface area contributed by atoms with Crippen molar-refractivity contribution in [3.8, 4) is 0 Å². The molecule has 2 N–H and O–H groups in total. The van der Waals surface area contributed by atoms with Crippen molar-refractivity contribution in [3.63, 3.8) is 0 Å². The monoisotopic (exact) mass is 186 g/mol. The van der Waals surface area contributed by atoms with Gasteiger partial charge < -0.3 is 10.3 Å². The summed E-state index contributed by atoms with van der Waals surface area (Å²) in [6, 6.07) is 4.31. The van der Waals surface area contributed by atoms with Crippen LogP contribution in [0.2, 0.25) is 0 Å². The number of aryl methyl sites for hydroxylation is 1. The van der Waals surface area contributed by atoms with Crippen LogP contribution in [0.4, 0.5) is 5.69 Å². The summed E-state index contributed by atoms with van der Waals surface area (Å²) >= 11 is 0. The van der Waals surface area contributed by atoms with Crippen molar-refractivity contribution < 1.29 is 13.0 Å². The summed E-state index contributed by atoms with van der Waals surface area (Å²) < 4.78 is 31.7. The van der Waals surface area contributed by atoms with Gasteiger partial charge in [0.15, 0.2) is 0 Å². The minimum atomic E-state index is -4.43. The summed E-state index contributed by atoms with van der Waals surface area (Å²) in [5, 5.41) is 0. The molecule has 0 aliphatic carbocycles. The third-order valence-electron chi connectivity index (χ3n) is 1.44. The standard InChI is InChI=1S/C7H9NO3S/c1-5-2-3-6(8)7(4-5)12(9,10)11/h2-4H,8H2,1H3,(H,9,10,11)/p-1. The Morgan fingerprint density at radius 3 is 2.42 bits per heavy atom. The molecule has 4 nitrogen and oxygen atoms in total. The van der Waals surface area contributed by atoms with Gasteiger partial charge in [-0.15, -0.1) is 0 Å². The van der Waals surface area contributed by atoms with Gasteiger partial charge in [-0.05, 0) is 24.6 Å². The number of benzene rings is 1. The van der Waals surface area contributed by atoms with Crippen LogP contribution in [0, 0.1) is 6.92 Å². The Labute approximate surface area is 70.8 Å². The maximum absolute atomic E-state index is 10.6. The molecule has 12 heavy (non-hydrogen) atoms. The molecule has 0 aliphatic rings. The Morgan fingerprint density at radius 2 is 2.00 bits per heavy atom. The lowest BCUT2D eigenvalue weighted by Gasteiger charge is -2.10. The molecule has 0 atom stereocenters. The average molecular weight is 186 g/mol. The van der Waals surface area contributed by atoms with Gasteiger partial charge in [-0.25, -0.2) is 8.42 Å². The van der Waals surface area contributed by atoms with E-state index in [0.717, 1.165) is 0 Å². The molecular weight excluding hydrogens is 178 g/mol. The Bertz CT molecular complexity index is 397. The van der Waals surface area contributed by atoms with Crippen LogP contribution in [0.25, 0.3) is 0 Å². The fraction of sp³-hybridized carbons (Fsp3) is 0.143. The summed E-state index contributed by atoms with van der Waals surface area (Å²) in [6.45, 7) is 1.69. The Balaban J connectivity index is 3.43. The predicted molar refractivity (Wildman–Crippen MR) is 43.6 cm³/mol. The van der Waals surface area contributed by atoms with Crippen LogP contribution in [0.1, 0.15) is 5.56 Å². The van der Waals surface area contributed by atoms with Crippen molar-refractivity contribution in [1.29, 1.82) is 0 Å². The van der Waals surface area contributed by atoms with E-state index in [4.69, 9.17) is 5.73 Å². The topological polar surface area (TPSA) is 83.2 Å². The van der Waals surface area contributed by atoms with E-state index in [-0.39, 0.29) is 10.6 Å². The van der Waals surface area contributed by atoms with Gasteiger partial charge in [0.2, 0.25) is 0 Å². The van der Waals surface area contributed by atoms with Crippen molar-refractivity contribution in [2.75, 3.05) is 5.73 Å². The molecule has 0 saturated carbocycles. The van der Waals surface area contributed by atoms with Gasteiger partial charge in [-0.2, -0.15) is 0 Å². The number of rotatable bonds is 1. The predicted octanol–water partition coefficient (Wildman–Crippen LogP) is 0.481. The number of nitrogens with two attached hydrogens (primary N) is 1. The zero-order valence-corrected chi connectivity index (χ0v) is 7.26. The van der Waals surface area contributed by atoms with Crippen molar-refractivity contribution >= 4 is 15.8 Å². The molecule has 0 aromatic heterocycles. The van der Waals surface area contributed by atoms with Gasteiger partial charge in [0.05, 0.1) is 4.90 Å². The van der Waals surface area contributed by atoms with Crippen LogP contribution in [0.5, 0.6) is 0 Å². The van der Waals surface area contributed by atoms with Crippen LogP contribution in [-0.2, 0) is 10.1 Å². The van der Waals surface area contributed by atoms with E-state index in [1.165, 1.54) is 12.1 Å². The summed E-state index contributed by atoms with van der Waals surface area (Å²) in [4.78, 5) is -0.345. The first-order valence-corrected chi connectivity index (χ1v) is 4.64. The molecule has 5 heteroatoms. The first-order chi connectivity index (χ1) is 5.41. The molecule has 0 heterocycles. The first-order valence-electron chi connectivity index (χ1n) is 3.23. The molecule has 1 aromatic rings. The van der Waals surface area contributed by atoms with Crippen molar-refractivity contribution in [3.05, 3.63) is 23.8 Å². The largest absolute Gasteiger partial charge is 0.744 e. The molecule has 0 amide bonds. The zero-order chi connectivity index (χ0) is 9.35. The molecule has 0 saturated heterocycles. The summed E-state index contributed by atoms with van der Waals surface area (Å²) in [5.74, 6) is 0. The van der Waals surface area contributed by atoms with Crippen molar-refractivity contribution in [2.45, 2.75) is 11.8 Å². The highest BCUT2D eigenvalue weighted by Gasteiger charge is 2.05. The molecule has 0 unspecified atom stereocenters. The maximum Gasteiger partial charge on any atom is 0.126 e. The third kappa shape index (κ3) is 1.75. The van der Waals surface area contributed by atoms with Gasteiger partial charge in [0, 0.05) is 5.69 Å². The Hall–Kier alpha value is -1.07. The number of hydrogen-bond acceptors (Lipinski definition) is 4. The van der Waals surface area contributed by atoms with Crippen molar-refractivity contribution in [2.24, 2.45) is 0 Å². The summed E-state index contributed by atoms with van der Waals surface area (Å²) in [6.07, 6.45) is 0. The lowest BCUT2D eigenvalue weighted by atomic mass is 10.2. The Morgan fingerprint density at radius 1 is 1.42 bits per heavy atom. The van der Waals surface area contributed by atoms with E-state index in [1.54, 1.807) is 13.0 Å². The lowest BCUT2D eigenvalue weighted by molar-refractivity contribution is 0.463. The smallest absolute Gasteiger partial charge is 0.126 e. The Kier molecular flexibility index (Phi) is 2.08. The van der Waals surface area contributed by atoms with Crippen molar-refractivity contribution in [1.82, 2.24) is 0 Å². The highest BCUT2D eigenvalue weighted by molar-refractivity contribution is 7.86. The molecule has 0 spiro atoms. The van der Waals surface area contributed by atoms with Crippen LogP contribution in [0.3, 0.4) is 0 Å². The molecule has 1 aromatic carbocycles. The second kappa shape index (κ2) is 2.76. The highest BCUT2D eigenvalue weighted by atomic mass is 32.2. The van der Waals surface area contributed by atoms with E-state index in [0.29, 0.717) is 5.56 Å². The molecule has 1 rings (SSSR count). The van der Waals surface area contributed by atoms with E-state index < -0.39 is 10.1 Å². The second-order valence-corrected chi connectivity index (χ2v) is 3.84. The van der Waals surface area contributed by atoms with Crippen LogP contribution in [-0.4, -0.2) is 13.0 Å². The molecular formula is C7H8NO3S-. The minimum Gasteiger partial charge on any atom is -0.744 e. The maximum atomic E-state index is 10.6. The van der Waals surface area contributed by atoms with Crippen LogP contribution < -0.4 is 5.73 Å². The number of nitrogen functional groups attached to an aromatic ring is 1. The molecule has 0 fully saturated rings. The summed E-state index contributed by atoms with van der Waals surface area (Å²) in [5.41, 5.74) is 5.99. The minimum absolute atomic E-state index is 0.00407. The molecule has 66 valence electrons. The SMILES string of the molecule is Cc1ccc(N)c(S(=O)(=O)[O-])c1. The second-order valence-electron chi connectivity index (χ2n) is 2.50. The van der Waals surface area contributed by atoms with Crippen LogP contribution in [0.15, 0.2) is 23.1 Å². The summed E-state index contributed by atoms with van der Waals surface area (Å²) in [7, 11) is -4.43. The molecule has 0 aliphatic heterocycles. The molecule has 0 radical (unpaired) electrons. The third-order valence-corrected chi connectivity index (χ3v) is 2.33. The molecule has 0 bridgehead atoms. The fourth-order valence-corrected chi connectivity index (χ4v) is 1.55. The fourth-order valence-electron chi connectivity index (χ4n) is 0.858. The van der Waals surface area contributed by atoms with Gasteiger partial charge >= 0.3 is 0 Å². The zero-order valence-electron chi connectivity index (χ0n) is 6.44. The number of anilines is 1. The van der Waals surface area contributed by atoms with E-state index in [1.807, 2.05) is 0 Å². The number of hydrogen-bond donors (Lipinski definition) is 1. The van der Waals surface area contributed by atoms with Gasteiger partial charge in [0.25, 0.3) is 0 Å². The normalized spacial score (nSPS) is 11.5. The average Bonchev–Trinajstić information content (AvgIpc) is 1.92.